The van der Waals surface area contributed by atoms with Gasteiger partial charge in [-0.3, -0.25) is 9.59 Å². The Kier molecular flexibility index (Phi) is 9.88. The van der Waals surface area contributed by atoms with Gasteiger partial charge in [0.25, 0.3) is 0 Å². The van der Waals surface area contributed by atoms with Gasteiger partial charge in [-0.1, -0.05) is 74.5 Å². The second-order valence-electron chi connectivity index (χ2n) is 8.26. The maximum atomic E-state index is 13.0. The fourth-order valence-corrected chi connectivity index (χ4v) is 3.40. The van der Waals surface area contributed by atoms with Crippen LogP contribution in [-0.2, 0) is 32.0 Å². The Morgan fingerprint density at radius 3 is 1.81 bits per heavy atom. The summed E-state index contributed by atoms with van der Waals surface area (Å²) in [5, 5.41) is 5.51. The molecule has 0 saturated heterocycles. The molecular formula is C25H33N3O4. The van der Waals surface area contributed by atoms with E-state index in [0.717, 1.165) is 11.1 Å². The summed E-state index contributed by atoms with van der Waals surface area (Å²) in [6, 6.07) is 16.3. The number of rotatable bonds is 11. The molecule has 0 radical (unpaired) electrons. The van der Waals surface area contributed by atoms with E-state index in [-0.39, 0.29) is 12.3 Å². The minimum atomic E-state index is -0.862. The van der Waals surface area contributed by atoms with E-state index in [9.17, 15) is 14.4 Å². The standard InChI is InChI=1S/C25H33N3O4/c1-17(2)14-21(27-23(29)20(26)15-18-10-6-4-7-11-18)24(30)28-22(25(31)32-3)16-19-12-8-5-9-13-19/h4-13,17,20-22H,14-16,26H2,1-3H3,(H,27,29)(H,28,30)/t20-,21+,22+/m1/s1. The summed E-state index contributed by atoms with van der Waals surface area (Å²) in [6.07, 6.45) is 1.06. The number of methoxy groups -OCH3 is 1. The third-order valence-corrected chi connectivity index (χ3v) is 5.06. The van der Waals surface area contributed by atoms with Crippen molar-refractivity contribution < 1.29 is 19.1 Å². The highest BCUT2D eigenvalue weighted by atomic mass is 16.5. The van der Waals surface area contributed by atoms with Crippen molar-refractivity contribution in [3.63, 3.8) is 0 Å². The van der Waals surface area contributed by atoms with Crippen LogP contribution in [0.1, 0.15) is 31.4 Å². The van der Waals surface area contributed by atoms with Crippen molar-refractivity contribution in [1.82, 2.24) is 10.6 Å². The Morgan fingerprint density at radius 1 is 0.812 bits per heavy atom. The summed E-state index contributed by atoms with van der Waals surface area (Å²) >= 11 is 0. The Morgan fingerprint density at radius 2 is 1.31 bits per heavy atom. The normalized spacial score (nSPS) is 13.7. The van der Waals surface area contributed by atoms with Gasteiger partial charge in [0.05, 0.1) is 13.2 Å². The highest BCUT2D eigenvalue weighted by Gasteiger charge is 2.29. The number of amides is 2. The molecule has 172 valence electrons. The summed E-state index contributed by atoms with van der Waals surface area (Å²) < 4.78 is 4.87. The summed E-state index contributed by atoms with van der Waals surface area (Å²) in [7, 11) is 1.28. The molecule has 2 amide bonds. The first kappa shape index (κ1) is 25.1. The third-order valence-electron chi connectivity index (χ3n) is 5.06. The molecule has 2 aromatic carbocycles. The van der Waals surface area contributed by atoms with Gasteiger partial charge in [0, 0.05) is 6.42 Å². The molecule has 0 heterocycles. The summed E-state index contributed by atoms with van der Waals surface area (Å²) in [4.78, 5) is 38.0. The van der Waals surface area contributed by atoms with Gasteiger partial charge < -0.3 is 21.1 Å². The number of nitrogens with one attached hydrogen (secondary N) is 2. The zero-order valence-electron chi connectivity index (χ0n) is 18.9. The SMILES string of the molecule is COC(=O)[C@H](Cc1ccccc1)NC(=O)[C@H](CC(C)C)NC(=O)[C@H](N)Cc1ccccc1. The topological polar surface area (TPSA) is 111 Å². The fourth-order valence-electron chi connectivity index (χ4n) is 3.40. The number of hydrogen-bond donors (Lipinski definition) is 3. The van der Waals surface area contributed by atoms with Gasteiger partial charge in [-0.05, 0) is 29.9 Å². The maximum Gasteiger partial charge on any atom is 0.328 e. The lowest BCUT2D eigenvalue weighted by atomic mass is 10.00. The second-order valence-corrected chi connectivity index (χ2v) is 8.26. The number of carbonyl (C=O) groups is 3. The van der Waals surface area contributed by atoms with Crippen LogP contribution >= 0.6 is 0 Å². The molecule has 3 atom stereocenters. The fraction of sp³-hybridized carbons (Fsp3) is 0.400. The van der Waals surface area contributed by atoms with Crippen molar-refractivity contribution >= 4 is 17.8 Å². The van der Waals surface area contributed by atoms with Crippen molar-refractivity contribution in [3.8, 4) is 0 Å². The van der Waals surface area contributed by atoms with Crippen LogP contribution in [0.5, 0.6) is 0 Å². The molecule has 0 spiro atoms. The average Bonchev–Trinajstić information content (AvgIpc) is 2.78. The van der Waals surface area contributed by atoms with Gasteiger partial charge in [-0.15, -0.1) is 0 Å². The Bertz CT molecular complexity index is 871. The van der Waals surface area contributed by atoms with Gasteiger partial charge in [-0.2, -0.15) is 0 Å². The molecule has 0 saturated carbocycles. The highest BCUT2D eigenvalue weighted by molar-refractivity contribution is 5.92. The molecule has 0 fully saturated rings. The number of hydrogen-bond acceptors (Lipinski definition) is 5. The van der Waals surface area contributed by atoms with Crippen LogP contribution in [0.4, 0.5) is 0 Å². The van der Waals surface area contributed by atoms with E-state index in [0.29, 0.717) is 12.8 Å². The summed E-state index contributed by atoms with van der Waals surface area (Å²) in [5.74, 6) is -1.25. The molecule has 0 aliphatic heterocycles. The van der Waals surface area contributed by atoms with Crippen LogP contribution in [-0.4, -0.2) is 43.0 Å². The van der Waals surface area contributed by atoms with E-state index in [1.165, 1.54) is 7.11 Å². The molecule has 0 aliphatic rings. The minimum Gasteiger partial charge on any atom is -0.467 e. The van der Waals surface area contributed by atoms with E-state index in [4.69, 9.17) is 10.5 Å². The van der Waals surface area contributed by atoms with Crippen LogP contribution in [0, 0.1) is 5.92 Å². The zero-order valence-corrected chi connectivity index (χ0v) is 18.9. The smallest absolute Gasteiger partial charge is 0.328 e. The molecule has 4 N–H and O–H groups in total. The first-order valence-corrected chi connectivity index (χ1v) is 10.8. The molecular weight excluding hydrogens is 406 g/mol. The van der Waals surface area contributed by atoms with Crippen LogP contribution < -0.4 is 16.4 Å². The van der Waals surface area contributed by atoms with Gasteiger partial charge in [0.2, 0.25) is 11.8 Å². The molecule has 0 aliphatic carbocycles. The first-order valence-electron chi connectivity index (χ1n) is 10.8. The first-order chi connectivity index (χ1) is 15.3. The lowest BCUT2D eigenvalue weighted by molar-refractivity contribution is -0.145. The van der Waals surface area contributed by atoms with E-state index in [1.54, 1.807) is 0 Å². The predicted octanol–water partition coefficient (Wildman–Crippen LogP) is 1.99. The molecule has 7 heteroatoms. The number of esters is 1. The van der Waals surface area contributed by atoms with Crippen molar-refractivity contribution in [1.29, 1.82) is 0 Å². The number of carbonyl (C=O) groups excluding carboxylic acids is 3. The highest BCUT2D eigenvalue weighted by Crippen LogP contribution is 2.09. The Labute approximate surface area is 189 Å². The van der Waals surface area contributed by atoms with Gasteiger partial charge in [0.1, 0.15) is 12.1 Å². The summed E-state index contributed by atoms with van der Waals surface area (Å²) in [6.45, 7) is 3.91. The zero-order chi connectivity index (χ0) is 23.5. The molecule has 0 aromatic heterocycles. The van der Waals surface area contributed by atoms with Crippen molar-refractivity contribution in [3.05, 3.63) is 71.8 Å². The summed E-state index contributed by atoms with van der Waals surface area (Å²) in [5.41, 5.74) is 7.91. The predicted molar refractivity (Wildman–Crippen MR) is 124 cm³/mol. The molecule has 0 unspecified atom stereocenters. The lowest BCUT2D eigenvalue weighted by Gasteiger charge is -2.24. The Balaban J connectivity index is 2.07. The second kappa shape index (κ2) is 12.6. The van der Waals surface area contributed by atoms with E-state index < -0.39 is 35.9 Å². The van der Waals surface area contributed by atoms with Crippen molar-refractivity contribution in [2.45, 2.75) is 51.2 Å². The minimum absolute atomic E-state index is 0.141. The molecule has 2 rings (SSSR count). The Hall–Kier alpha value is -3.19. The van der Waals surface area contributed by atoms with Crippen LogP contribution in [0.15, 0.2) is 60.7 Å². The third kappa shape index (κ3) is 8.15. The number of ether oxygens (including phenoxy) is 1. The quantitative estimate of drug-likeness (QED) is 0.464. The molecule has 0 bridgehead atoms. The monoisotopic (exact) mass is 439 g/mol. The van der Waals surface area contributed by atoms with Crippen molar-refractivity contribution in [2.24, 2.45) is 11.7 Å². The van der Waals surface area contributed by atoms with Crippen molar-refractivity contribution in [2.75, 3.05) is 7.11 Å². The van der Waals surface area contributed by atoms with Gasteiger partial charge in [0.15, 0.2) is 0 Å². The lowest BCUT2D eigenvalue weighted by Crippen LogP contribution is -2.55. The largest absolute Gasteiger partial charge is 0.467 e. The maximum absolute atomic E-state index is 13.0. The van der Waals surface area contributed by atoms with E-state index in [2.05, 4.69) is 10.6 Å². The number of nitrogens with two attached hydrogens (primary N) is 1. The van der Waals surface area contributed by atoms with Gasteiger partial charge in [-0.25, -0.2) is 4.79 Å². The van der Waals surface area contributed by atoms with E-state index in [1.807, 2.05) is 74.5 Å². The molecule has 2 aromatic rings. The van der Waals surface area contributed by atoms with Gasteiger partial charge >= 0.3 is 5.97 Å². The molecule has 32 heavy (non-hydrogen) atoms. The van der Waals surface area contributed by atoms with Crippen LogP contribution in [0.25, 0.3) is 0 Å². The van der Waals surface area contributed by atoms with Crippen LogP contribution in [0.3, 0.4) is 0 Å². The number of benzene rings is 2. The molecule has 7 nitrogen and oxygen atoms in total. The van der Waals surface area contributed by atoms with E-state index >= 15 is 0 Å². The average molecular weight is 440 g/mol. The van der Waals surface area contributed by atoms with Crippen LogP contribution in [0.2, 0.25) is 0 Å².